The number of fused-ring (bicyclic) bond motifs is 1. The van der Waals surface area contributed by atoms with E-state index in [1.165, 1.54) is 34.2 Å². The van der Waals surface area contributed by atoms with Gasteiger partial charge in [-0.25, -0.2) is 9.37 Å². The lowest BCUT2D eigenvalue weighted by molar-refractivity contribution is 0.625. The molecule has 3 aromatic rings. The molecule has 0 amide bonds. The molecule has 0 unspecified atom stereocenters. The van der Waals surface area contributed by atoms with Crippen molar-refractivity contribution in [2.24, 2.45) is 0 Å². The van der Waals surface area contributed by atoms with Crippen LogP contribution in [0.5, 0.6) is 0 Å². The maximum absolute atomic E-state index is 13.2. The maximum atomic E-state index is 13.2. The molecule has 0 spiro atoms. The molecule has 1 aromatic carbocycles. The van der Waals surface area contributed by atoms with Gasteiger partial charge >= 0.3 is 0 Å². The zero-order valence-corrected chi connectivity index (χ0v) is 11.7. The second kappa shape index (κ2) is 4.63. The number of hydrogen-bond acceptors (Lipinski definition) is 5. The summed E-state index contributed by atoms with van der Waals surface area (Å²) in [6, 6.07) is 8.27. The molecule has 1 saturated carbocycles. The average molecular weight is 302 g/mol. The first-order valence-electron chi connectivity index (χ1n) is 6.57. The highest BCUT2D eigenvalue weighted by molar-refractivity contribution is 7.20. The zero-order valence-electron chi connectivity index (χ0n) is 10.9. The SMILES string of the molecule is O=c1ccnc2sc(N[C@@H]3C[C@H]3c3cccc(F)c3)nn12. The normalized spacial score (nSPS) is 20.6. The first kappa shape index (κ1) is 12.5. The molecule has 0 radical (unpaired) electrons. The summed E-state index contributed by atoms with van der Waals surface area (Å²) in [6.07, 6.45) is 2.41. The summed E-state index contributed by atoms with van der Waals surface area (Å²) in [7, 11) is 0. The highest BCUT2D eigenvalue weighted by Crippen LogP contribution is 2.43. The van der Waals surface area contributed by atoms with Crippen molar-refractivity contribution in [1.29, 1.82) is 0 Å². The smallest absolute Gasteiger partial charge is 0.275 e. The van der Waals surface area contributed by atoms with Gasteiger partial charge in [-0.2, -0.15) is 4.52 Å². The summed E-state index contributed by atoms with van der Waals surface area (Å²) in [5.41, 5.74) is 0.797. The van der Waals surface area contributed by atoms with E-state index in [9.17, 15) is 9.18 Å². The highest BCUT2D eigenvalue weighted by atomic mass is 32.1. The van der Waals surface area contributed by atoms with Crippen LogP contribution in [-0.2, 0) is 0 Å². The Labute approximate surface area is 123 Å². The number of rotatable bonds is 3. The Morgan fingerprint density at radius 3 is 3.10 bits per heavy atom. The van der Waals surface area contributed by atoms with Crippen molar-refractivity contribution < 1.29 is 4.39 Å². The van der Waals surface area contributed by atoms with Crippen LogP contribution in [0.4, 0.5) is 9.52 Å². The molecule has 5 nitrogen and oxygen atoms in total. The van der Waals surface area contributed by atoms with Gasteiger partial charge in [-0.05, 0) is 24.1 Å². The minimum Gasteiger partial charge on any atom is -0.357 e. The van der Waals surface area contributed by atoms with Crippen molar-refractivity contribution in [3.63, 3.8) is 0 Å². The van der Waals surface area contributed by atoms with Gasteiger partial charge in [-0.1, -0.05) is 23.5 Å². The Kier molecular flexibility index (Phi) is 2.75. The van der Waals surface area contributed by atoms with Gasteiger partial charge in [-0.3, -0.25) is 4.79 Å². The summed E-state index contributed by atoms with van der Waals surface area (Å²) in [4.78, 5) is 16.3. The molecule has 21 heavy (non-hydrogen) atoms. The molecule has 1 aliphatic carbocycles. The van der Waals surface area contributed by atoms with E-state index in [0.717, 1.165) is 12.0 Å². The summed E-state index contributed by atoms with van der Waals surface area (Å²) >= 11 is 1.34. The Hall–Kier alpha value is -2.28. The average Bonchev–Trinajstić information content (AvgIpc) is 3.09. The van der Waals surface area contributed by atoms with Crippen LogP contribution in [0, 0.1) is 5.82 Å². The van der Waals surface area contributed by atoms with Gasteiger partial charge in [0.05, 0.1) is 0 Å². The van der Waals surface area contributed by atoms with E-state index in [-0.39, 0.29) is 23.3 Å². The van der Waals surface area contributed by atoms with Gasteiger partial charge in [0.15, 0.2) is 0 Å². The Morgan fingerprint density at radius 2 is 2.29 bits per heavy atom. The first-order valence-corrected chi connectivity index (χ1v) is 7.39. The van der Waals surface area contributed by atoms with E-state index >= 15 is 0 Å². The molecule has 1 N–H and O–H groups in total. The molecular formula is C14H11FN4OS. The number of aromatic nitrogens is 3. The van der Waals surface area contributed by atoms with Gasteiger partial charge in [0.25, 0.3) is 5.56 Å². The minimum absolute atomic E-state index is 0.193. The molecular weight excluding hydrogens is 291 g/mol. The van der Waals surface area contributed by atoms with Crippen molar-refractivity contribution in [2.75, 3.05) is 5.32 Å². The number of benzene rings is 1. The number of nitrogens with zero attached hydrogens (tertiary/aromatic N) is 3. The number of halogens is 1. The van der Waals surface area contributed by atoms with Gasteiger partial charge in [0.1, 0.15) is 5.82 Å². The summed E-state index contributed by atoms with van der Waals surface area (Å²) in [6.45, 7) is 0. The van der Waals surface area contributed by atoms with E-state index in [1.807, 2.05) is 6.07 Å². The molecule has 1 aliphatic rings. The summed E-state index contributed by atoms with van der Waals surface area (Å²) in [5.74, 6) is 0.0753. The second-order valence-electron chi connectivity index (χ2n) is 5.03. The van der Waals surface area contributed by atoms with E-state index < -0.39 is 0 Å². The van der Waals surface area contributed by atoms with Crippen molar-refractivity contribution in [3.05, 3.63) is 58.3 Å². The largest absolute Gasteiger partial charge is 0.357 e. The van der Waals surface area contributed by atoms with Crippen LogP contribution in [-0.4, -0.2) is 20.6 Å². The molecule has 0 aliphatic heterocycles. The molecule has 4 rings (SSSR count). The minimum atomic E-state index is -0.214. The van der Waals surface area contributed by atoms with Crippen LogP contribution < -0.4 is 10.9 Å². The summed E-state index contributed by atoms with van der Waals surface area (Å²) < 4.78 is 14.5. The van der Waals surface area contributed by atoms with Crippen LogP contribution in [0.3, 0.4) is 0 Å². The van der Waals surface area contributed by atoms with Crippen molar-refractivity contribution in [3.8, 4) is 0 Å². The zero-order chi connectivity index (χ0) is 14.4. The molecule has 2 aromatic heterocycles. The quantitative estimate of drug-likeness (QED) is 0.806. The number of nitrogens with one attached hydrogen (secondary N) is 1. The maximum Gasteiger partial charge on any atom is 0.275 e. The lowest BCUT2D eigenvalue weighted by atomic mass is 10.1. The molecule has 0 saturated heterocycles. The predicted octanol–water partition coefficient (Wildman–Crippen LogP) is 2.26. The lowest BCUT2D eigenvalue weighted by Gasteiger charge is -2.01. The standard InChI is InChI=1S/C14H11FN4OS/c15-9-3-1-2-8(6-9)10-7-11(10)17-13-18-19-12(20)4-5-16-14(19)21-13/h1-6,10-11H,7H2,(H,17,18)/t10-,11+/m0/s1. The van der Waals surface area contributed by atoms with Gasteiger partial charge in [0, 0.05) is 24.2 Å². The Bertz CT molecular complexity index is 875. The fourth-order valence-corrected chi connectivity index (χ4v) is 3.26. The molecule has 2 heterocycles. The van der Waals surface area contributed by atoms with Gasteiger partial charge < -0.3 is 5.32 Å². The van der Waals surface area contributed by atoms with Crippen LogP contribution in [0.2, 0.25) is 0 Å². The van der Waals surface area contributed by atoms with Crippen molar-refractivity contribution in [2.45, 2.75) is 18.4 Å². The van der Waals surface area contributed by atoms with Crippen LogP contribution in [0.25, 0.3) is 4.96 Å². The number of anilines is 1. The monoisotopic (exact) mass is 302 g/mol. The lowest BCUT2D eigenvalue weighted by Crippen LogP contribution is -2.13. The molecule has 0 bridgehead atoms. The van der Waals surface area contributed by atoms with E-state index in [4.69, 9.17) is 0 Å². The molecule has 2 atom stereocenters. The highest BCUT2D eigenvalue weighted by Gasteiger charge is 2.39. The van der Waals surface area contributed by atoms with Gasteiger partial charge in [0.2, 0.25) is 10.1 Å². The third kappa shape index (κ3) is 2.29. The van der Waals surface area contributed by atoms with Crippen LogP contribution >= 0.6 is 11.3 Å². The third-order valence-corrected chi connectivity index (χ3v) is 4.40. The summed E-state index contributed by atoms with van der Waals surface area (Å²) in [5, 5.41) is 8.16. The Morgan fingerprint density at radius 1 is 1.38 bits per heavy atom. The van der Waals surface area contributed by atoms with E-state index in [0.29, 0.717) is 10.1 Å². The number of hydrogen-bond donors (Lipinski definition) is 1. The second-order valence-corrected chi connectivity index (χ2v) is 5.99. The van der Waals surface area contributed by atoms with E-state index in [2.05, 4.69) is 15.4 Å². The predicted molar refractivity (Wildman–Crippen MR) is 78.3 cm³/mol. The fraction of sp³-hybridized carbons (Fsp3) is 0.214. The third-order valence-electron chi connectivity index (χ3n) is 3.55. The van der Waals surface area contributed by atoms with E-state index in [1.54, 1.807) is 12.1 Å². The van der Waals surface area contributed by atoms with Crippen molar-refractivity contribution >= 4 is 21.4 Å². The van der Waals surface area contributed by atoms with Gasteiger partial charge in [-0.15, -0.1) is 5.10 Å². The molecule has 1 fully saturated rings. The van der Waals surface area contributed by atoms with Crippen LogP contribution in [0.15, 0.2) is 41.3 Å². The molecule has 106 valence electrons. The molecule has 7 heteroatoms. The van der Waals surface area contributed by atoms with Crippen LogP contribution in [0.1, 0.15) is 17.9 Å². The topological polar surface area (TPSA) is 59.3 Å². The Balaban J connectivity index is 1.54. The van der Waals surface area contributed by atoms with Crippen molar-refractivity contribution in [1.82, 2.24) is 14.6 Å². The first-order chi connectivity index (χ1) is 10.2. The fourth-order valence-electron chi connectivity index (χ4n) is 2.42.